The van der Waals surface area contributed by atoms with Crippen LogP contribution in [-0.4, -0.2) is 8.42 Å². The SMILES string of the molecule is O=S1(=O)c2ccc(-c3ccc(N4c5ccccc5Oc5ccccc54)cc3)cc2Sc2cc(-c3ccc(N4c5ccccc5Oc5ccccc54)cc3)ccc21. The molecular formula is C48H30N2O4S2. The van der Waals surface area contributed by atoms with Gasteiger partial charge in [-0.2, -0.15) is 0 Å². The fraction of sp³-hybridized carbons (Fsp3) is 0. The summed E-state index contributed by atoms with van der Waals surface area (Å²) in [6, 6.07) is 60.1. The number of sulfone groups is 1. The summed E-state index contributed by atoms with van der Waals surface area (Å²) in [6.07, 6.45) is 0. The topological polar surface area (TPSA) is 59.1 Å². The molecule has 0 aromatic heterocycles. The van der Waals surface area contributed by atoms with Gasteiger partial charge in [0.1, 0.15) is 0 Å². The lowest BCUT2D eigenvalue weighted by molar-refractivity contribution is 0.477. The smallest absolute Gasteiger partial charge is 0.208 e. The molecule has 3 heterocycles. The fourth-order valence-corrected chi connectivity index (χ4v) is 11.0. The molecule has 8 aromatic carbocycles. The molecule has 0 saturated carbocycles. The summed E-state index contributed by atoms with van der Waals surface area (Å²) in [4.78, 5) is 6.51. The number of para-hydroxylation sites is 8. The first kappa shape index (κ1) is 32.7. The minimum Gasteiger partial charge on any atom is -0.453 e. The van der Waals surface area contributed by atoms with Crippen LogP contribution in [0.5, 0.6) is 23.0 Å². The van der Waals surface area contributed by atoms with Crippen LogP contribution >= 0.6 is 11.8 Å². The molecular weight excluding hydrogens is 733 g/mol. The van der Waals surface area contributed by atoms with Crippen LogP contribution < -0.4 is 19.3 Å². The molecule has 0 N–H and O–H groups in total. The molecule has 11 rings (SSSR count). The van der Waals surface area contributed by atoms with Crippen LogP contribution in [0.3, 0.4) is 0 Å². The maximum Gasteiger partial charge on any atom is 0.208 e. The van der Waals surface area contributed by atoms with E-state index < -0.39 is 9.84 Å². The van der Waals surface area contributed by atoms with E-state index in [0.717, 1.165) is 79.4 Å². The van der Waals surface area contributed by atoms with E-state index in [1.54, 1.807) is 12.1 Å². The summed E-state index contributed by atoms with van der Waals surface area (Å²) in [6.45, 7) is 0. The highest BCUT2D eigenvalue weighted by Crippen LogP contribution is 2.52. The number of rotatable bonds is 4. The van der Waals surface area contributed by atoms with E-state index in [1.165, 1.54) is 11.8 Å². The fourth-order valence-electron chi connectivity index (χ4n) is 7.79. The lowest BCUT2D eigenvalue weighted by Gasteiger charge is -2.32. The Morgan fingerprint density at radius 1 is 0.375 bits per heavy atom. The summed E-state index contributed by atoms with van der Waals surface area (Å²) in [5.41, 5.74) is 9.76. The van der Waals surface area contributed by atoms with Crippen molar-refractivity contribution in [2.45, 2.75) is 19.6 Å². The number of hydrogen-bond acceptors (Lipinski definition) is 7. The lowest BCUT2D eigenvalue weighted by atomic mass is 10.0. The Kier molecular flexibility index (Phi) is 7.39. The number of nitrogens with zero attached hydrogens (tertiary/aromatic N) is 2. The number of hydrogen-bond donors (Lipinski definition) is 0. The molecule has 0 aliphatic carbocycles. The molecule has 268 valence electrons. The minimum atomic E-state index is -3.71. The molecule has 56 heavy (non-hydrogen) atoms. The highest BCUT2D eigenvalue weighted by Gasteiger charge is 2.31. The average molecular weight is 763 g/mol. The van der Waals surface area contributed by atoms with Crippen molar-refractivity contribution in [3.8, 4) is 45.3 Å². The van der Waals surface area contributed by atoms with Crippen LogP contribution in [0.4, 0.5) is 34.1 Å². The number of anilines is 6. The average Bonchev–Trinajstić information content (AvgIpc) is 3.24. The zero-order valence-electron chi connectivity index (χ0n) is 29.7. The Hall–Kier alpha value is -6.74. The molecule has 0 fully saturated rings. The number of benzene rings is 8. The van der Waals surface area contributed by atoms with E-state index in [1.807, 2.05) is 97.1 Å². The quantitative estimate of drug-likeness (QED) is 0.177. The Morgan fingerprint density at radius 2 is 0.696 bits per heavy atom. The first-order valence-electron chi connectivity index (χ1n) is 18.2. The first-order valence-corrected chi connectivity index (χ1v) is 20.5. The third-order valence-corrected chi connectivity index (χ3v) is 13.7. The summed E-state index contributed by atoms with van der Waals surface area (Å²) < 4.78 is 40.4. The summed E-state index contributed by atoms with van der Waals surface area (Å²) in [5.74, 6) is 3.20. The van der Waals surface area contributed by atoms with Crippen molar-refractivity contribution >= 4 is 55.7 Å². The minimum absolute atomic E-state index is 0.333. The summed E-state index contributed by atoms with van der Waals surface area (Å²) in [7, 11) is -3.71. The molecule has 0 radical (unpaired) electrons. The van der Waals surface area contributed by atoms with Gasteiger partial charge in [-0.3, -0.25) is 0 Å². The van der Waals surface area contributed by atoms with Crippen LogP contribution in [-0.2, 0) is 9.84 Å². The van der Waals surface area contributed by atoms with Crippen molar-refractivity contribution in [2.75, 3.05) is 9.80 Å². The van der Waals surface area contributed by atoms with Gasteiger partial charge in [-0.15, -0.1) is 0 Å². The predicted octanol–water partition coefficient (Wildman–Crippen LogP) is 13.5. The molecule has 8 heteroatoms. The molecule has 3 aliphatic rings. The maximum atomic E-state index is 14.0. The van der Waals surface area contributed by atoms with Gasteiger partial charge in [0.25, 0.3) is 0 Å². The van der Waals surface area contributed by atoms with E-state index in [9.17, 15) is 8.42 Å². The van der Waals surface area contributed by atoms with E-state index in [-0.39, 0.29) is 0 Å². The molecule has 0 saturated heterocycles. The largest absolute Gasteiger partial charge is 0.453 e. The van der Waals surface area contributed by atoms with Gasteiger partial charge < -0.3 is 19.3 Å². The van der Waals surface area contributed by atoms with Crippen molar-refractivity contribution in [1.29, 1.82) is 0 Å². The number of fused-ring (bicyclic) bond motifs is 6. The van der Waals surface area contributed by atoms with Gasteiger partial charge in [0.2, 0.25) is 9.84 Å². The molecule has 3 aliphatic heterocycles. The second-order valence-corrected chi connectivity index (χ2v) is 16.7. The third-order valence-electron chi connectivity index (χ3n) is 10.5. The van der Waals surface area contributed by atoms with Gasteiger partial charge in [0, 0.05) is 21.2 Å². The lowest BCUT2D eigenvalue weighted by Crippen LogP contribution is -2.15. The molecule has 0 unspecified atom stereocenters. The first-order chi connectivity index (χ1) is 27.5. The van der Waals surface area contributed by atoms with Crippen LogP contribution in [0.2, 0.25) is 0 Å². The zero-order valence-corrected chi connectivity index (χ0v) is 31.3. The van der Waals surface area contributed by atoms with Crippen LogP contribution in [0, 0.1) is 0 Å². The zero-order chi connectivity index (χ0) is 37.4. The molecule has 0 bridgehead atoms. The third kappa shape index (κ3) is 5.21. The van der Waals surface area contributed by atoms with Crippen LogP contribution in [0.15, 0.2) is 202 Å². The highest BCUT2D eigenvalue weighted by atomic mass is 32.2. The van der Waals surface area contributed by atoms with Crippen molar-refractivity contribution < 1.29 is 17.9 Å². The van der Waals surface area contributed by atoms with E-state index in [4.69, 9.17) is 9.47 Å². The van der Waals surface area contributed by atoms with Gasteiger partial charge >= 0.3 is 0 Å². The van der Waals surface area contributed by atoms with Gasteiger partial charge in [-0.1, -0.05) is 96.7 Å². The van der Waals surface area contributed by atoms with Crippen molar-refractivity contribution in [3.05, 3.63) is 182 Å². The predicted molar refractivity (Wildman–Crippen MR) is 223 cm³/mol. The molecule has 0 atom stereocenters. The molecule has 6 nitrogen and oxygen atoms in total. The van der Waals surface area contributed by atoms with Gasteiger partial charge in [0.05, 0.1) is 32.5 Å². The second-order valence-electron chi connectivity index (χ2n) is 13.8. The Bertz CT molecular complexity index is 2700. The standard InChI is InChI=1S/C48H30N2O4S2/c51-56(52)47-27-21-33(31-17-23-35(24-18-31)49-37-9-1-5-13-41(37)53-42-14-6-2-10-38(42)49)29-45(47)55-46-30-34(22-28-48(46)56)32-19-25-36(26-20-32)50-39-11-3-7-15-43(39)54-44-16-8-4-12-40(44)50/h1-30H. The van der Waals surface area contributed by atoms with Crippen molar-refractivity contribution in [3.63, 3.8) is 0 Å². The van der Waals surface area contributed by atoms with Crippen molar-refractivity contribution in [2.24, 2.45) is 0 Å². The van der Waals surface area contributed by atoms with Gasteiger partial charge in [-0.05, 0) is 119 Å². The van der Waals surface area contributed by atoms with E-state index in [0.29, 0.717) is 19.6 Å². The molecule has 8 aromatic rings. The van der Waals surface area contributed by atoms with Crippen LogP contribution in [0.1, 0.15) is 0 Å². The van der Waals surface area contributed by atoms with Gasteiger partial charge in [-0.25, -0.2) is 8.42 Å². The Balaban J connectivity index is 0.895. The summed E-state index contributed by atoms with van der Waals surface area (Å²) >= 11 is 1.50. The Labute approximate surface area is 328 Å². The van der Waals surface area contributed by atoms with Crippen molar-refractivity contribution in [1.82, 2.24) is 0 Å². The van der Waals surface area contributed by atoms with Gasteiger partial charge in [0.15, 0.2) is 23.0 Å². The Morgan fingerprint density at radius 3 is 1.05 bits per heavy atom. The molecule has 0 spiro atoms. The van der Waals surface area contributed by atoms with E-state index >= 15 is 0 Å². The molecule has 0 amide bonds. The second kappa shape index (κ2) is 12.7. The van der Waals surface area contributed by atoms with E-state index in [2.05, 4.69) is 82.6 Å². The highest BCUT2D eigenvalue weighted by molar-refractivity contribution is 8.02. The summed E-state index contributed by atoms with van der Waals surface area (Å²) in [5, 5.41) is 0. The maximum absolute atomic E-state index is 14.0. The number of ether oxygens (including phenoxy) is 2. The monoisotopic (exact) mass is 762 g/mol. The normalized spacial score (nSPS) is 14.1. The van der Waals surface area contributed by atoms with Crippen LogP contribution in [0.25, 0.3) is 22.3 Å².